The molecular formula is C23H20N4O3S. The molecule has 0 saturated carbocycles. The van der Waals surface area contributed by atoms with Crippen molar-refractivity contribution in [3.63, 3.8) is 0 Å². The first-order chi connectivity index (χ1) is 14.8. The van der Waals surface area contributed by atoms with E-state index >= 15 is 0 Å². The Bertz CT molecular complexity index is 1280. The van der Waals surface area contributed by atoms with E-state index in [2.05, 4.69) is 15.7 Å². The number of amides is 1. The fourth-order valence-electron chi connectivity index (χ4n) is 3.58. The van der Waals surface area contributed by atoms with Gasteiger partial charge in [0.2, 0.25) is 10.0 Å². The molecule has 8 heteroatoms. The van der Waals surface area contributed by atoms with E-state index in [1.807, 2.05) is 30.3 Å². The van der Waals surface area contributed by atoms with Crippen LogP contribution in [0, 0.1) is 11.3 Å². The highest BCUT2D eigenvalue weighted by Gasteiger charge is 2.30. The number of carbonyl (C=O) groups is 1. The summed E-state index contributed by atoms with van der Waals surface area (Å²) < 4.78 is 25.6. The predicted molar refractivity (Wildman–Crippen MR) is 120 cm³/mol. The zero-order chi connectivity index (χ0) is 22.0. The van der Waals surface area contributed by atoms with Crippen LogP contribution in [0.3, 0.4) is 0 Å². The minimum atomic E-state index is -3.43. The van der Waals surface area contributed by atoms with Gasteiger partial charge in [-0.05, 0) is 48.0 Å². The minimum Gasteiger partial charge on any atom is -0.348 e. The number of benzene rings is 3. The van der Waals surface area contributed by atoms with E-state index < -0.39 is 10.0 Å². The lowest BCUT2D eigenvalue weighted by Gasteiger charge is -2.38. The van der Waals surface area contributed by atoms with Gasteiger partial charge in [0.15, 0.2) is 0 Å². The van der Waals surface area contributed by atoms with Gasteiger partial charge in [0.25, 0.3) is 5.91 Å². The Kier molecular flexibility index (Phi) is 5.36. The third kappa shape index (κ3) is 4.52. The number of hydrogen-bond donors (Lipinski definition) is 1. The van der Waals surface area contributed by atoms with Crippen molar-refractivity contribution in [3.05, 3.63) is 89.5 Å². The fourth-order valence-corrected chi connectivity index (χ4v) is 4.13. The molecule has 1 N–H and O–H groups in total. The standard InChI is InChI=1S/C23H20N4O3S/c1-31(29,30)25-19-5-4-6-20(13-19)27-16-26(15-18-11-9-17(14-24)10-12-18)22-8-3-2-7-21(22)23(27)28/h2-13,25H,15-16H2,1H3. The number of nitriles is 1. The maximum Gasteiger partial charge on any atom is 0.261 e. The SMILES string of the molecule is CS(=O)(=O)Nc1cccc(N2CN(Cc3ccc(C#N)cc3)c3ccccc3C2=O)c1. The lowest BCUT2D eigenvalue weighted by atomic mass is 10.1. The topological polar surface area (TPSA) is 93.5 Å². The van der Waals surface area contributed by atoms with Crippen molar-refractivity contribution >= 4 is 33.0 Å². The fraction of sp³-hybridized carbons (Fsp3) is 0.130. The first kappa shape index (κ1) is 20.4. The monoisotopic (exact) mass is 432 g/mol. The molecule has 3 aromatic rings. The van der Waals surface area contributed by atoms with Crippen LogP contribution < -0.4 is 14.5 Å². The average molecular weight is 433 g/mol. The van der Waals surface area contributed by atoms with Crippen molar-refractivity contribution in [2.75, 3.05) is 27.4 Å². The van der Waals surface area contributed by atoms with Gasteiger partial charge < -0.3 is 4.90 Å². The van der Waals surface area contributed by atoms with E-state index in [4.69, 9.17) is 5.26 Å². The molecule has 3 aromatic carbocycles. The van der Waals surface area contributed by atoms with Crippen LogP contribution in [0.1, 0.15) is 21.5 Å². The molecule has 31 heavy (non-hydrogen) atoms. The molecule has 0 aromatic heterocycles. The van der Waals surface area contributed by atoms with Gasteiger partial charge in [-0.1, -0.05) is 30.3 Å². The van der Waals surface area contributed by atoms with E-state index in [-0.39, 0.29) is 5.91 Å². The summed E-state index contributed by atoms with van der Waals surface area (Å²) in [6.45, 7) is 0.853. The minimum absolute atomic E-state index is 0.150. The smallest absolute Gasteiger partial charge is 0.261 e. The third-order valence-corrected chi connectivity index (χ3v) is 5.56. The molecule has 1 aliphatic heterocycles. The molecule has 1 heterocycles. The average Bonchev–Trinajstić information content (AvgIpc) is 2.75. The number of carbonyl (C=O) groups excluding carboxylic acids is 1. The second kappa shape index (κ2) is 8.13. The number of fused-ring (bicyclic) bond motifs is 1. The summed E-state index contributed by atoms with van der Waals surface area (Å²) in [7, 11) is -3.43. The van der Waals surface area contributed by atoms with E-state index in [0.29, 0.717) is 35.7 Å². The highest BCUT2D eigenvalue weighted by molar-refractivity contribution is 7.92. The van der Waals surface area contributed by atoms with Crippen LogP contribution in [0.25, 0.3) is 0 Å². The van der Waals surface area contributed by atoms with Gasteiger partial charge in [0, 0.05) is 12.2 Å². The highest BCUT2D eigenvalue weighted by Crippen LogP contribution is 2.32. The number of hydrogen-bond acceptors (Lipinski definition) is 5. The summed E-state index contributed by atoms with van der Waals surface area (Å²) in [6.07, 6.45) is 1.08. The number of nitrogens with one attached hydrogen (secondary N) is 1. The summed E-state index contributed by atoms with van der Waals surface area (Å²) in [5.41, 5.74) is 4.00. The van der Waals surface area contributed by atoms with Crippen molar-refractivity contribution in [3.8, 4) is 6.07 Å². The van der Waals surface area contributed by atoms with Crippen LogP contribution >= 0.6 is 0 Å². The summed E-state index contributed by atoms with van der Waals surface area (Å²) in [6, 6.07) is 23.6. The second-order valence-electron chi connectivity index (χ2n) is 7.32. The number of anilines is 3. The molecular weight excluding hydrogens is 412 g/mol. The van der Waals surface area contributed by atoms with Crippen LogP contribution in [-0.4, -0.2) is 27.2 Å². The first-order valence-corrected chi connectivity index (χ1v) is 11.5. The summed E-state index contributed by atoms with van der Waals surface area (Å²) >= 11 is 0. The largest absolute Gasteiger partial charge is 0.348 e. The highest BCUT2D eigenvalue weighted by atomic mass is 32.2. The Morgan fingerprint density at radius 3 is 2.48 bits per heavy atom. The van der Waals surface area contributed by atoms with E-state index in [9.17, 15) is 13.2 Å². The Morgan fingerprint density at radius 2 is 1.77 bits per heavy atom. The molecule has 0 radical (unpaired) electrons. The molecule has 0 saturated heterocycles. The van der Waals surface area contributed by atoms with Gasteiger partial charge in [-0.25, -0.2) is 8.42 Å². The molecule has 0 aliphatic carbocycles. The maximum absolute atomic E-state index is 13.2. The maximum atomic E-state index is 13.2. The predicted octanol–water partition coefficient (Wildman–Crippen LogP) is 3.55. The van der Waals surface area contributed by atoms with Crippen LogP contribution in [0.5, 0.6) is 0 Å². The summed E-state index contributed by atoms with van der Waals surface area (Å²) in [4.78, 5) is 16.9. The van der Waals surface area contributed by atoms with Gasteiger partial charge in [-0.15, -0.1) is 0 Å². The quantitative estimate of drug-likeness (QED) is 0.665. The molecule has 0 bridgehead atoms. The van der Waals surface area contributed by atoms with Crippen LogP contribution in [-0.2, 0) is 16.6 Å². The lowest BCUT2D eigenvalue weighted by Crippen LogP contribution is -2.46. The van der Waals surface area contributed by atoms with Crippen LogP contribution in [0.2, 0.25) is 0 Å². The molecule has 0 atom stereocenters. The van der Waals surface area contributed by atoms with Gasteiger partial charge in [0.1, 0.15) is 0 Å². The summed E-state index contributed by atoms with van der Waals surface area (Å²) in [5, 5.41) is 9.02. The van der Waals surface area contributed by atoms with E-state index in [1.165, 1.54) is 0 Å². The van der Waals surface area contributed by atoms with Crippen molar-refractivity contribution in [2.24, 2.45) is 0 Å². The summed E-state index contributed by atoms with van der Waals surface area (Å²) in [5.74, 6) is -0.150. The number of rotatable bonds is 5. The van der Waals surface area contributed by atoms with Gasteiger partial charge in [-0.3, -0.25) is 14.4 Å². The molecule has 0 unspecified atom stereocenters. The Balaban J connectivity index is 1.68. The van der Waals surface area contributed by atoms with Crippen molar-refractivity contribution in [2.45, 2.75) is 6.54 Å². The molecule has 156 valence electrons. The Labute approximate surface area is 181 Å². The van der Waals surface area contributed by atoms with Gasteiger partial charge >= 0.3 is 0 Å². The zero-order valence-corrected chi connectivity index (χ0v) is 17.6. The van der Waals surface area contributed by atoms with E-state index in [0.717, 1.165) is 17.5 Å². The number of nitrogens with zero attached hydrogens (tertiary/aromatic N) is 3. The van der Waals surface area contributed by atoms with Crippen LogP contribution in [0.15, 0.2) is 72.8 Å². The van der Waals surface area contributed by atoms with Crippen molar-refractivity contribution < 1.29 is 13.2 Å². The first-order valence-electron chi connectivity index (χ1n) is 9.57. The Morgan fingerprint density at radius 1 is 1.03 bits per heavy atom. The third-order valence-electron chi connectivity index (χ3n) is 4.95. The van der Waals surface area contributed by atoms with Crippen LogP contribution in [0.4, 0.5) is 17.1 Å². The molecule has 1 amide bonds. The molecule has 0 fully saturated rings. The second-order valence-corrected chi connectivity index (χ2v) is 9.07. The van der Waals surface area contributed by atoms with Crippen molar-refractivity contribution in [1.82, 2.24) is 0 Å². The van der Waals surface area contributed by atoms with Crippen molar-refractivity contribution in [1.29, 1.82) is 5.26 Å². The Hall–Kier alpha value is -3.83. The van der Waals surface area contributed by atoms with E-state index in [1.54, 1.807) is 47.4 Å². The normalized spacial score (nSPS) is 13.5. The molecule has 0 spiro atoms. The molecule has 4 rings (SSSR count). The molecule has 1 aliphatic rings. The number of para-hydroxylation sites is 1. The zero-order valence-electron chi connectivity index (χ0n) is 16.8. The molecule has 7 nitrogen and oxygen atoms in total. The van der Waals surface area contributed by atoms with Gasteiger partial charge in [0.05, 0.1) is 41.5 Å². The van der Waals surface area contributed by atoms with Gasteiger partial charge in [-0.2, -0.15) is 5.26 Å². The number of sulfonamides is 1. The lowest BCUT2D eigenvalue weighted by molar-refractivity contribution is 0.0982.